The summed E-state index contributed by atoms with van der Waals surface area (Å²) in [5.41, 5.74) is 0. The number of unbranched alkanes of at least 4 members (excludes halogenated alkanes) is 7. The Hall–Kier alpha value is -0.240. The highest BCUT2D eigenvalue weighted by atomic mass is 16.9. The van der Waals surface area contributed by atoms with E-state index >= 15 is 0 Å². The van der Waals surface area contributed by atoms with E-state index in [4.69, 9.17) is 23.7 Å². The summed E-state index contributed by atoms with van der Waals surface area (Å²) >= 11 is 0. The van der Waals surface area contributed by atoms with Crippen LogP contribution in [0.5, 0.6) is 0 Å². The first-order chi connectivity index (χ1) is 16.2. The molecule has 0 fully saturated rings. The molecule has 0 saturated heterocycles. The van der Waals surface area contributed by atoms with Crippen LogP contribution in [0.4, 0.5) is 0 Å². The highest BCUT2D eigenvalue weighted by Gasteiger charge is 2.59. The first kappa shape index (κ1) is 36.9. The molecule has 0 aromatic carbocycles. The Labute approximate surface area is 218 Å². The van der Waals surface area contributed by atoms with Gasteiger partial charge in [-0.25, -0.2) is 0 Å². The average molecular weight is 507 g/mol. The topological polar surface area (TPSA) is 77.7 Å². The van der Waals surface area contributed by atoms with E-state index in [0.29, 0.717) is 32.2 Å². The zero-order valence-electron chi connectivity index (χ0n) is 24.9. The molecule has 0 aromatic heterocycles. The van der Waals surface area contributed by atoms with Gasteiger partial charge in [0.2, 0.25) is 0 Å². The first-order valence-corrected chi connectivity index (χ1v) is 14.5. The monoisotopic (exact) mass is 506 g/mol. The van der Waals surface area contributed by atoms with Gasteiger partial charge >= 0.3 is 5.97 Å². The molecule has 214 valence electrons. The van der Waals surface area contributed by atoms with Crippen LogP contribution < -0.4 is 0 Å². The van der Waals surface area contributed by atoms with Gasteiger partial charge in [-0.15, -0.1) is 0 Å². The minimum atomic E-state index is -1.39. The molecule has 3 atom stereocenters. The van der Waals surface area contributed by atoms with Crippen molar-refractivity contribution in [1.82, 2.24) is 0 Å². The van der Waals surface area contributed by atoms with Gasteiger partial charge < -0.3 is 29.2 Å². The van der Waals surface area contributed by atoms with Crippen molar-refractivity contribution in [2.75, 3.05) is 19.8 Å². The maximum atomic E-state index is 6.71. The zero-order chi connectivity index (χ0) is 25.9. The lowest BCUT2D eigenvalue weighted by Gasteiger charge is -2.49. The second kappa shape index (κ2) is 21.8. The third kappa shape index (κ3) is 14.9. The minimum Gasteiger partial charge on any atom is -0.412 e. The van der Waals surface area contributed by atoms with Crippen LogP contribution in [0.1, 0.15) is 139 Å². The quantitative estimate of drug-likeness (QED) is 0.0985. The van der Waals surface area contributed by atoms with Gasteiger partial charge in [-0.1, -0.05) is 86.5 Å². The molecule has 6 heteroatoms. The lowest BCUT2D eigenvalue weighted by molar-refractivity contribution is -0.510. The number of hydrogen-bond donors (Lipinski definition) is 0. The maximum Gasteiger partial charge on any atom is 0.340 e. The summed E-state index contributed by atoms with van der Waals surface area (Å²) in [5, 5.41) is 0. The van der Waals surface area contributed by atoms with E-state index < -0.39 is 11.8 Å². The van der Waals surface area contributed by atoms with Crippen molar-refractivity contribution in [3.63, 3.8) is 0 Å². The fraction of sp³-hybridized carbons (Fsp3) is 1.00. The second-order valence-electron chi connectivity index (χ2n) is 10.4. The van der Waals surface area contributed by atoms with Gasteiger partial charge in [-0.05, 0) is 52.4 Å². The van der Waals surface area contributed by atoms with Gasteiger partial charge in [0.15, 0.2) is 0 Å². The predicted molar refractivity (Wildman–Crippen MR) is 147 cm³/mol. The number of ether oxygens (including phenoxy) is 5. The summed E-state index contributed by atoms with van der Waals surface area (Å²) in [5.74, 6) is -2.16. The SMILES string of the molecule is CCCCCCOC(OCCCCC)(OC(C)CC)C(CCCCC)(OCC(C)C)OC(C)C.O. The molecular formula is C29H62O6. The Kier molecular flexibility index (Phi) is 23.0. The van der Waals surface area contributed by atoms with E-state index in [1.54, 1.807) is 0 Å². The summed E-state index contributed by atoms with van der Waals surface area (Å²) in [6.07, 6.45) is 12.3. The van der Waals surface area contributed by atoms with Crippen LogP contribution in [-0.4, -0.2) is 49.3 Å². The fourth-order valence-electron chi connectivity index (χ4n) is 3.83. The lowest BCUT2D eigenvalue weighted by Crippen LogP contribution is -2.64. The smallest absolute Gasteiger partial charge is 0.340 e. The molecule has 0 spiro atoms. The molecule has 0 heterocycles. The molecule has 3 unspecified atom stereocenters. The summed E-state index contributed by atoms with van der Waals surface area (Å²) < 4.78 is 33.4. The molecule has 0 rings (SSSR count). The number of hydrogen-bond acceptors (Lipinski definition) is 5. The van der Waals surface area contributed by atoms with Crippen molar-refractivity contribution in [1.29, 1.82) is 0 Å². The van der Waals surface area contributed by atoms with Crippen molar-refractivity contribution < 1.29 is 29.2 Å². The standard InChI is InChI=1S/C29H60O5.H2O/c1-10-14-17-20-23-31-29(34-27(9)13-4,30-22-19-16-12-3)28(33-26(7)8,21-18-15-11-2)32-24-25(5)6;/h25-27H,10-24H2,1-9H3;1H2. The zero-order valence-corrected chi connectivity index (χ0v) is 24.9. The van der Waals surface area contributed by atoms with Crippen molar-refractivity contribution in [2.45, 2.75) is 163 Å². The van der Waals surface area contributed by atoms with Crippen LogP contribution in [0.15, 0.2) is 0 Å². The van der Waals surface area contributed by atoms with Gasteiger partial charge in [-0.2, -0.15) is 0 Å². The van der Waals surface area contributed by atoms with Gasteiger partial charge in [0, 0.05) is 6.42 Å². The van der Waals surface area contributed by atoms with Crippen LogP contribution >= 0.6 is 0 Å². The minimum absolute atomic E-state index is 0. The maximum absolute atomic E-state index is 6.71. The third-order valence-corrected chi connectivity index (χ3v) is 5.91. The van der Waals surface area contributed by atoms with Crippen LogP contribution in [0.2, 0.25) is 0 Å². The molecule has 0 aliphatic rings. The van der Waals surface area contributed by atoms with Crippen molar-refractivity contribution in [3.05, 3.63) is 0 Å². The summed E-state index contributed by atoms with van der Waals surface area (Å²) in [4.78, 5) is 0. The highest BCUT2D eigenvalue weighted by molar-refractivity contribution is 4.86. The van der Waals surface area contributed by atoms with E-state index in [-0.39, 0.29) is 17.7 Å². The van der Waals surface area contributed by atoms with Crippen LogP contribution in [0, 0.1) is 5.92 Å². The molecule has 6 nitrogen and oxygen atoms in total. The van der Waals surface area contributed by atoms with Gasteiger partial charge in [-0.3, -0.25) is 0 Å². The summed E-state index contributed by atoms with van der Waals surface area (Å²) in [6.45, 7) is 21.0. The molecule has 0 aliphatic carbocycles. The molecular weight excluding hydrogens is 444 g/mol. The molecule has 0 aliphatic heterocycles. The normalized spacial score (nSPS) is 16.2. The summed E-state index contributed by atoms with van der Waals surface area (Å²) in [7, 11) is 0. The Morgan fingerprint density at radius 1 is 0.600 bits per heavy atom. The molecule has 0 radical (unpaired) electrons. The van der Waals surface area contributed by atoms with Crippen molar-refractivity contribution in [3.8, 4) is 0 Å². The van der Waals surface area contributed by atoms with Crippen molar-refractivity contribution in [2.24, 2.45) is 5.92 Å². The average Bonchev–Trinajstić information content (AvgIpc) is 2.79. The van der Waals surface area contributed by atoms with Crippen LogP contribution in [0.25, 0.3) is 0 Å². The van der Waals surface area contributed by atoms with Crippen LogP contribution in [-0.2, 0) is 23.7 Å². The largest absolute Gasteiger partial charge is 0.412 e. The first-order valence-electron chi connectivity index (χ1n) is 14.5. The van der Waals surface area contributed by atoms with E-state index in [1.807, 2.05) is 0 Å². The molecule has 35 heavy (non-hydrogen) atoms. The van der Waals surface area contributed by atoms with E-state index in [0.717, 1.165) is 57.8 Å². The summed E-state index contributed by atoms with van der Waals surface area (Å²) in [6, 6.07) is 0. The fourth-order valence-corrected chi connectivity index (χ4v) is 3.83. The Bertz CT molecular complexity index is 458. The lowest BCUT2D eigenvalue weighted by atomic mass is 10.0. The van der Waals surface area contributed by atoms with Gasteiger partial charge in [0.05, 0.1) is 32.0 Å². The van der Waals surface area contributed by atoms with E-state index in [9.17, 15) is 0 Å². The van der Waals surface area contributed by atoms with Gasteiger partial charge in [0.25, 0.3) is 5.79 Å². The predicted octanol–water partition coefficient (Wildman–Crippen LogP) is 7.81. The Balaban J connectivity index is 0. The molecule has 0 saturated carbocycles. The Morgan fingerprint density at radius 3 is 1.60 bits per heavy atom. The van der Waals surface area contributed by atoms with Crippen LogP contribution in [0.3, 0.4) is 0 Å². The number of rotatable bonds is 24. The Morgan fingerprint density at radius 2 is 1.11 bits per heavy atom. The molecule has 2 N–H and O–H groups in total. The van der Waals surface area contributed by atoms with E-state index in [1.165, 1.54) is 12.8 Å². The second-order valence-corrected chi connectivity index (χ2v) is 10.4. The van der Waals surface area contributed by atoms with E-state index in [2.05, 4.69) is 62.3 Å². The van der Waals surface area contributed by atoms with Crippen molar-refractivity contribution >= 4 is 0 Å². The molecule has 0 aromatic rings. The third-order valence-electron chi connectivity index (χ3n) is 5.91. The molecule has 0 bridgehead atoms. The van der Waals surface area contributed by atoms with Gasteiger partial charge in [0.1, 0.15) is 0 Å². The highest BCUT2D eigenvalue weighted by Crippen LogP contribution is 2.41. The molecule has 0 amide bonds.